The van der Waals surface area contributed by atoms with Crippen LogP contribution in [0.3, 0.4) is 0 Å². The predicted octanol–water partition coefficient (Wildman–Crippen LogP) is 7.31. The molecule has 1 saturated heterocycles. The number of carbonyl (C=O) groups is 2. The third-order valence-electron chi connectivity index (χ3n) is 5.41. The van der Waals surface area contributed by atoms with E-state index < -0.39 is 0 Å². The van der Waals surface area contributed by atoms with E-state index >= 15 is 0 Å². The second kappa shape index (κ2) is 12.1. The Bertz CT molecular complexity index is 1250. The molecule has 3 aromatic carbocycles. The Kier molecular flexibility index (Phi) is 8.91. The van der Waals surface area contributed by atoms with Crippen LogP contribution in [0, 0.1) is 3.57 Å². The number of nitrogens with zero attached hydrogens (tertiary/aromatic N) is 1. The molecule has 0 bridgehead atoms. The van der Waals surface area contributed by atoms with Gasteiger partial charge in [0.25, 0.3) is 11.1 Å². The average molecular weight is 664 g/mol. The van der Waals surface area contributed by atoms with Crippen LogP contribution in [-0.4, -0.2) is 29.7 Å². The molecule has 1 fully saturated rings. The van der Waals surface area contributed by atoms with Crippen LogP contribution in [0.1, 0.15) is 23.1 Å². The zero-order chi connectivity index (χ0) is 24.8. The van der Waals surface area contributed by atoms with E-state index in [1.54, 1.807) is 19.3 Å². The van der Waals surface area contributed by atoms with Gasteiger partial charge in [-0.1, -0.05) is 42.5 Å². The van der Waals surface area contributed by atoms with E-state index in [2.05, 4.69) is 38.5 Å². The highest BCUT2D eigenvalue weighted by atomic mass is 127. The number of rotatable bonds is 9. The largest absolute Gasteiger partial charge is 0.493 e. The number of imide groups is 1. The molecule has 1 aliphatic heterocycles. The van der Waals surface area contributed by atoms with E-state index in [0.29, 0.717) is 34.0 Å². The molecule has 3 aromatic rings. The van der Waals surface area contributed by atoms with Crippen LogP contribution >= 0.6 is 50.3 Å². The summed E-state index contributed by atoms with van der Waals surface area (Å²) in [6.45, 7) is 0.794. The molecule has 180 valence electrons. The number of thioether (sulfide) groups is 1. The summed E-state index contributed by atoms with van der Waals surface area (Å²) < 4.78 is 13.4. The van der Waals surface area contributed by atoms with Gasteiger partial charge < -0.3 is 9.47 Å². The maximum Gasteiger partial charge on any atom is 0.293 e. The Morgan fingerprint density at radius 2 is 1.77 bits per heavy atom. The minimum absolute atomic E-state index is 0.238. The summed E-state index contributed by atoms with van der Waals surface area (Å²) in [6.07, 6.45) is 3.26. The Hall–Kier alpha value is -2.30. The van der Waals surface area contributed by atoms with Gasteiger partial charge in [0.05, 0.1) is 16.5 Å². The van der Waals surface area contributed by atoms with Gasteiger partial charge in [0.15, 0.2) is 11.5 Å². The third-order valence-corrected chi connectivity index (χ3v) is 7.63. The molecule has 2 amide bonds. The van der Waals surface area contributed by atoms with Crippen LogP contribution in [0.2, 0.25) is 0 Å². The van der Waals surface area contributed by atoms with E-state index in [1.807, 2.05) is 60.7 Å². The average Bonchev–Trinajstić information content (AvgIpc) is 3.12. The van der Waals surface area contributed by atoms with Crippen molar-refractivity contribution < 1.29 is 19.1 Å². The van der Waals surface area contributed by atoms with Crippen molar-refractivity contribution in [1.82, 2.24) is 4.90 Å². The smallest absolute Gasteiger partial charge is 0.293 e. The van der Waals surface area contributed by atoms with Gasteiger partial charge in [-0.05, 0) is 110 Å². The SMILES string of the molecule is COc1cc(/C=C2/SC(=O)N(CCCc3ccccc3)C2=O)cc(Br)c1OCc1ccc(I)cc1. The Morgan fingerprint density at radius 3 is 2.49 bits per heavy atom. The summed E-state index contributed by atoms with van der Waals surface area (Å²) in [7, 11) is 1.57. The third kappa shape index (κ3) is 6.68. The number of ether oxygens (including phenoxy) is 2. The molecule has 4 rings (SSSR count). The van der Waals surface area contributed by atoms with Crippen LogP contribution in [0.25, 0.3) is 6.08 Å². The van der Waals surface area contributed by atoms with Crippen molar-refractivity contribution in [3.63, 3.8) is 0 Å². The van der Waals surface area contributed by atoms with Gasteiger partial charge in [0.2, 0.25) is 0 Å². The summed E-state index contributed by atoms with van der Waals surface area (Å²) in [5.74, 6) is 0.859. The Labute approximate surface area is 231 Å². The minimum Gasteiger partial charge on any atom is -0.493 e. The predicted molar refractivity (Wildman–Crippen MR) is 152 cm³/mol. The van der Waals surface area contributed by atoms with Crippen molar-refractivity contribution in [2.75, 3.05) is 13.7 Å². The van der Waals surface area contributed by atoms with E-state index in [1.165, 1.54) is 10.5 Å². The molecule has 35 heavy (non-hydrogen) atoms. The molecule has 0 atom stereocenters. The van der Waals surface area contributed by atoms with Gasteiger partial charge >= 0.3 is 0 Å². The summed E-state index contributed by atoms with van der Waals surface area (Å²) in [6, 6.07) is 21.8. The zero-order valence-corrected chi connectivity index (χ0v) is 23.6. The van der Waals surface area contributed by atoms with Crippen molar-refractivity contribution in [1.29, 1.82) is 0 Å². The fourth-order valence-electron chi connectivity index (χ4n) is 3.63. The van der Waals surface area contributed by atoms with Crippen molar-refractivity contribution in [2.24, 2.45) is 0 Å². The molecule has 0 radical (unpaired) electrons. The number of benzene rings is 3. The molecule has 0 unspecified atom stereocenters. The Morgan fingerprint density at radius 1 is 1.03 bits per heavy atom. The number of methoxy groups -OCH3 is 1. The number of hydrogen-bond donors (Lipinski definition) is 0. The molecule has 1 aliphatic rings. The van der Waals surface area contributed by atoms with Crippen LogP contribution in [0.15, 0.2) is 76.1 Å². The van der Waals surface area contributed by atoms with Crippen molar-refractivity contribution >= 4 is 67.5 Å². The van der Waals surface area contributed by atoms with E-state index in [0.717, 1.165) is 39.3 Å². The van der Waals surface area contributed by atoms with E-state index in [9.17, 15) is 9.59 Å². The number of halogens is 2. The molecular weight excluding hydrogens is 641 g/mol. The molecule has 0 saturated carbocycles. The van der Waals surface area contributed by atoms with Crippen molar-refractivity contribution in [3.05, 3.63) is 96.4 Å². The number of amides is 2. The second-order valence-corrected chi connectivity index (χ2v) is 11.0. The standard InChI is InChI=1S/C27H23BrINO4S/c1-33-23-15-20(14-22(28)25(23)34-17-19-9-11-21(29)12-10-19)16-24-26(31)30(27(32)35-24)13-5-8-18-6-3-2-4-7-18/h2-4,6-7,9-12,14-16H,5,8,13,17H2,1H3/b24-16+. The quantitative estimate of drug-likeness (QED) is 0.178. The fraction of sp³-hybridized carbons (Fsp3) is 0.185. The first-order chi connectivity index (χ1) is 16.9. The van der Waals surface area contributed by atoms with Crippen LogP contribution in [-0.2, 0) is 17.8 Å². The molecule has 0 spiro atoms. The molecule has 0 aromatic heterocycles. The monoisotopic (exact) mass is 663 g/mol. The highest BCUT2D eigenvalue weighted by Crippen LogP contribution is 2.39. The molecule has 1 heterocycles. The maximum atomic E-state index is 12.9. The minimum atomic E-state index is -0.262. The topological polar surface area (TPSA) is 55.8 Å². The molecular formula is C27H23BrINO4S. The van der Waals surface area contributed by atoms with Crippen LogP contribution in [0.5, 0.6) is 11.5 Å². The summed E-state index contributed by atoms with van der Waals surface area (Å²) in [5.41, 5.74) is 2.98. The van der Waals surface area contributed by atoms with Crippen molar-refractivity contribution in [2.45, 2.75) is 19.4 Å². The van der Waals surface area contributed by atoms with E-state index in [-0.39, 0.29) is 11.1 Å². The first kappa shape index (κ1) is 25.8. The summed E-state index contributed by atoms with van der Waals surface area (Å²) >= 11 is 6.80. The summed E-state index contributed by atoms with van der Waals surface area (Å²) in [4.78, 5) is 27.1. The van der Waals surface area contributed by atoms with Gasteiger partial charge in [-0.15, -0.1) is 0 Å². The first-order valence-electron chi connectivity index (χ1n) is 11.0. The molecule has 8 heteroatoms. The van der Waals surface area contributed by atoms with Crippen molar-refractivity contribution in [3.8, 4) is 11.5 Å². The number of carbonyl (C=O) groups excluding carboxylic acids is 2. The lowest BCUT2D eigenvalue weighted by Crippen LogP contribution is -2.29. The van der Waals surface area contributed by atoms with E-state index in [4.69, 9.17) is 9.47 Å². The second-order valence-electron chi connectivity index (χ2n) is 7.87. The van der Waals surface area contributed by atoms with Gasteiger partial charge in [-0.2, -0.15) is 0 Å². The van der Waals surface area contributed by atoms with Crippen LogP contribution in [0.4, 0.5) is 4.79 Å². The lowest BCUT2D eigenvalue weighted by Gasteiger charge is -2.14. The lowest BCUT2D eigenvalue weighted by molar-refractivity contribution is -0.122. The normalized spacial score (nSPS) is 14.6. The number of hydrogen-bond acceptors (Lipinski definition) is 5. The highest BCUT2D eigenvalue weighted by molar-refractivity contribution is 14.1. The van der Waals surface area contributed by atoms with Gasteiger partial charge in [-0.3, -0.25) is 14.5 Å². The summed E-state index contributed by atoms with van der Waals surface area (Å²) in [5, 5.41) is -0.238. The van der Waals surface area contributed by atoms with Gasteiger partial charge in [0, 0.05) is 10.1 Å². The maximum absolute atomic E-state index is 12.9. The zero-order valence-electron chi connectivity index (χ0n) is 19.0. The molecule has 0 N–H and O–H groups in total. The highest BCUT2D eigenvalue weighted by Gasteiger charge is 2.34. The Balaban J connectivity index is 1.44. The van der Waals surface area contributed by atoms with Gasteiger partial charge in [0.1, 0.15) is 6.61 Å². The van der Waals surface area contributed by atoms with Crippen LogP contribution < -0.4 is 9.47 Å². The molecule has 0 aliphatic carbocycles. The molecule has 5 nitrogen and oxygen atoms in total. The first-order valence-corrected chi connectivity index (χ1v) is 13.7. The fourth-order valence-corrected chi connectivity index (χ4v) is 5.43. The lowest BCUT2D eigenvalue weighted by atomic mass is 10.1. The van der Waals surface area contributed by atoms with Gasteiger partial charge in [-0.25, -0.2) is 0 Å². The number of aryl methyl sites for hydroxylation is 1.